The Morgan fingerprint density at radius 3 is 2.69 bits per heavy atom. The smallest absolute Gasteiger partial charge is 0.294 e. The molecule has 1 aliphatic heterocycles. The third kappa shape index (κ3) is 6.03. The highest BCUT2D eigenvalue weighted by molar-refractivity contribution is 8.18. The van der Waals surface area contributed by atoms with E-state index < -0.39 is 29.4 Å². The number of rotatable bonds is 6. The number of nitrogens with zero attached hydrogens (tertiary/aromatic N) is 3. The Hall–Kier alpha value is -3.76. The standard InChI is InChI=1S/C24H18ClFN4O4S/c1-13-6-14(2)8-16(7-13)28-20(31)12-30-22(32)19(35-24(30)33)10-15-4-3-5-17(9-15)34-21-18(26)11-27-23(25)29-21/h3-11H,12H2,1-2H3,(H,28,31)/b19-10+. The van der Waals surface area contributed by atoms with Crippen LogP contribution >= 0.6 is 23.4 Å². The number of hydrogen-bond donors (Lipinski definition) is 1. The molecule has 0 unspecified atom stereocenters. The van der Waals surface area contributed by atoms with Crippen LogP contribution in [0.4, 0.5) is 14.9 Å². The Morgan fingerprint density at radius 2 is 1.94 bits per heavy atom. The fourth-order valence-corrected chi connectivity index (χ4v) is 4.32. The van der Waals surface area contributed by atoms with E-state index in [2.05, 4.69) is 15.3 Å². The highest BCUT2D eigenvalue weighted by Gasteiger charge is 2.36. The Morgan fingerprint density at radius 1 is 1.20 bits per heavy atom. The van der Waals surface area contributed by atoms with E-state index in [1.165, 1.54) is 12.1 Å². The molecule has 1 aliphatic rings. The fourth-order valence-electron chi connectivity index (χ4n) is 3.36. The normalized spacial score (nSPS) is 14.5. The SMILES string of the molecule is Cc1cc(C)cc(NC(=O)CN2C(=O)S/C(=C/c3cccc(Oc4nc(Cl)ncc4F)c3)C2=O)c1. The van der Waals surface area contributed by atoms with Crippen LogP contribution in [0.1, 0.15) is 16.7 Å². The van der Waals surface area contributed by atoms with Crippen molar-refractivity contribution < 1.29 is 23.5 Å². The highest BCUT2D eigenvalue weighted by atomic mass is 35.5. The fraction of sp³-hybridized carbons (Fsp3) is 0.125. The summed E-state index contributed by atoms with van der Waals surface area (Å²) in [4.78, 5) is 45.9. The van der Waals surface area contributed by atoms with Gasteiger partial charge in [-0.1, -0.05) is 18.2 Å². The molecule has 8 nitrogen and oxygen atoms in total. The van der Waals surface area contributed by atoms with Gasteiger partial charge in [0.2, 0.25) is 17.0 Å². The van der Waals surface area contributed by atoms with Gasteiger partial charge in [-0.05, 0) is 84.2 Å². The van der Waals surface area contributed by atoms with E-state index >= 15 is 0 Å². The lowest BCUT2D eigenvalue weighted by molar-refractivity contribution is -0.127. The van der Waals surface area contributed by atoms with Gasteiger partial charge in [-0.25, -0.2) is 4.98 Å². The van der Waals surface area contributed by atoms with Gasteiger partial charge in [0.15, 0.2) is 0 Å². The van der Waals surface area contributed by atoms with Crippen molar-refractivity contribution >= 4 is 52.2 Å². The summed E-state index contributed by atoms with van der Waals surface area (Å²) in [5.41, 5.74) is 3.07. The van der Waals surface area contributed by atoms with Gasteiger partial charge in [0.05, 0.1) is 11.1 Å². The van der Waals surface area contributed by atoms with Gasteiger partial charge in [0.25, 0.3) is 17.0 Å². The molecule has 0 saturated carbocycles. The van der Waals surface area contributed by atoms with Gasteiger partial charge in [0.1, 0.15) is 12.3 Å². The van der Waals surface area contributed by atoms with Crippen LogP contribution in [0, 0.1) is 19.7 Å². The predicted octanol–water partition coefficient (Wildman–Crippen LogP) is 5.35. The maximum Gasteiger partial charge on any atom is 0.294 e. The summed E-state index contributed by atoms with van der Waals surface area (Å²) in [5.74, 6) is -1.98. The van der Waals surface area contributed by atoms with Crippen molar-refractivity contribution in [1.82, 2.24) is 14.9 Å². The van der Waals surface area contributed by atoms with Gasteiger partial charge in [-0.15, -0.1) is 0 Å². The number of carbonyl (C=O) groups is 3. The van der Waals surface area contributed by atoms with Crippen molar-refractivity contribution in [3.8, 4) is 11.6 Å². The molecule has 0 aliphatic carbocycles. The molecule has 3 aromatic rings. The van der Waals surface area contributed by atoms with Crippen molar-refractivity contribution in [1.29, 1.82) is 0 Å². The summed E-state index contributed by atoms with van der Waals surface area (Å²) in [6.45, 7) is 3.40. The Balaban J connectivity index is 1.46. The van der Waals surface area contributed by atoms with Crippen LogP contribution in [0.15, 0.2) is 53.6 Å². The molecule has 0 radical (unpaired) electrons. The first-order valence-corrected chi connectivity index (χ1v) is 11.5. The average molecular weight is 513 g/mol. The molecule has 2 aromatic carbocycles. The lowest BCUT2D eigenvalue weighted by Crippen LogP contribution is -2.36. The van der Waals surface area contributed by atoms with E-state index in [0.29, 0.717) is 11.3 Å². The number of aryl methyl sites for hydroxylation is 2. The second-order valence-electron chi connectivity index (χ2n) is 7.66. The van der Waals surface area contributed by atoms with E-state index in [1.807, 2.05) is 19.9 Å². The molecular weight excluding hydrogens is 495 g/mol. The van der Waals surface area contributed by atoms with Crippen molar-refractivity contribution in [3.05, 3.63) is 81.4 Å². The molecule has 1 fully saturated rings. The van der Waals surface area contributed by atoms with Crippen LogP contribution < -0.4 is 10.1 Å². The van der Waals surface area contributed by atoms with Crippen molar-refractivity contribution in [2.75, 3.05) is 11.9 Å². The second kappa shape index (κ2) is 10.2. The molecule has 0 atom stereocenters. The van der Waals surface area contributed by atoms with Crippen LogP contribution in [0.25, 0.3) is 6.08 Å². The zero-order chi connectivity index (χ0) is 25.1. The molecule has 3 amide bonds. The molecule has 2 heterocycles. The minimum absolute atomic E-state index is 0.141. The van der Waals surface area contributed by atoms with Crippen LogP contribution in [0.3, 0.4) is 0 Å². The van der Waals surface area contributed by atoms with Crippen LogP contribution in [0.2, 0.25) is 5.28 Å². The minimum atomic E-state index is -0.792. The summed E-state index contributed by atoms with van der Waals surface area (Å²) in [6.07, 6.45) is 2.38. The monoisotopic (exact) mass is 512 g/mol. The van der Waals surface area contributed by atoms with E-state index in [1.54, 1.807) is 30.3 Å². The molecule has 11 heteroatoms. The van der Waals surface area contributed by atoms with E-state index in [-0.39, 0.29) is 21.8 Å². The van der Waals surface area contributed by atoms with Gasteiger partial charge >= 0.3 is 0 Å². The molecular formula is C24H18ClFN4O4S. The van der Waals surface area contributed by atoms with Crippen LogP contribution in [0.5, 0.6) is 11.6 Å². The molecule has 4 rings (SSSR count). The summed E-state index contributed by atoms with van der Waals surface area (Å²) < 4.78 is 19.3. The minimum Gasteiger partial charge on any atom is -0.436 e. The number of thioether (sulfide) groups is 1. The number of halogens is 2. The summed E-state index contributed by atoms with van der Waals surface area (Å²) in [5, 5.41) is 1.99. The number of amides is 3. The highest BCUT2D eigenvalue weighted by Crippen LogP contribution is 2.33. The Labute approximate surface area is 209 Å². The first-order chi connectivity index (χ1) is 16.7. The quantitative estimate of drug-likeness (QED) is 0.350. The third-order valence-electron chi connectivity index (χ3n) is 4.73. The first kappa shape index (κ1) is 24.4. The molecule has 1 saturated heterocycles. The lowest BCUT2D eigenvalue weighted by Gasteiger charge is -2.13. The molecule has 1 aromatic heterocycles. The van der Waals surface area contributed by atoms with Crippen LogP contribution in [-0.2, 0) is 9.59 Å². The van der Waals surface area contributed by atoms with Gasteiger partial charge in [-0.3, -0.25) is 19.3 Å². The van der Waals surface area contributed by atoms with E-state index in [4.69, 9.17) is 16.3 Å². The van der Waals surface area contributed by atoms with Crippen molar-refractivity contribution in [2.45, 2.75) is 13.8 Å². The molecule has 35 heavy (non-hydrogen) atoms. The number of nitrogens with one attached hydrogen (secondary N) is 1. The van der Waals surface area contributed by atoms with E-state index in [9.17, 15) is 18.8 Å². The van der Waals surface area contributed by atoms with Gasteiger partial charge < -0.3 is 10.1 Å². The van der Waals surface area contributed by atoms with Crippen LogP contribution in [-0.4, -0.2) is 38.5 Å². The summed E-state index contributed by atoms with van der Waals surface area (Å²) in [7, 11) is 0. The number of hydrogen-bond acceptors (Lipinski definition) is 7. The summed E-state index contributed by atoms with van der Waals surface area (Å²) in [6, 6.07) is 12.0. The van der Waals surface area contributed by atoms with Gasteiger partial charge in [-0.2, -0.15) is 9.37 Å². The number of aromatic nitrogens is 2. The predicted molar refractivity (Wildman–Crippen MR) is 131 cm³/mol. The maximum absolute atomic E-state index is 13.9. The topological polar surface area (TPSA) is 101 Å². The molecule has 1 N–H and O–H groups in total. The number of carbonyl (C=O) groups excluding carboxylic acids is 3. The number of ether oxygens (including phenoxy) is 1. The third-order valence-corrected chi connectivity index (χ3v) is 5.82. The average Bonchev–Trinajstić information content (AvgIpc) is 3.03. The molecule has 0 spiro atoms. The molecule has 0 bridgehead atoms. The van der Waals surface area contributed by atoms with E-state index in [0.717, 1.165) is 34.0 Å². The number of imide groups is 1. The number of anilines is 1. The Bertz CT molecular complexity index is 1360. The first-order valence-electron chi connectivity index (χ1n) is 10.3. The maximum atomic E-state index is 13.9. The molecule has 178 valence electrons. The second-order valence-corrected chi connectivity index (χ2v) is 8.99. The largest absolute Gasteiger partial charge is 0.436 e. The zero-order valence-electron chi connectivity index (χ0n) is 18.5. The van der Waals surface area contributed by atoms with Gasteiger partial charge in [0, 0.05) is 5.69 Å². The van der Waals surface area contributed by atoms with Crippen molar-refractivity contribution in [3.63, 3.8) is 0 Å². The Kier molecular flexibility index (Phi) is 7.13. The zero-order valence-corrected chi connectivity index (χ0v) is 20.1. The number of benzene rings is 2. The lowest BCUT2D eigenvalue weighted by atomic mass is 10.1. The summed E-state index contributed by atoms with van der Waals surface area (Å²) >= 11 is 6.41. The van der Waals surface area contributed by atoms with Crippen molar-refractivity contribution in [2.24, 2.45) is 0 Å².